The molecule has 0 aromatic heterocycles. The van der Waals surface area contributed by atoms with Crippen molar-refractivity contribution in [3.8, 4) is 0 Å². The van der Waals surface area contributed by atoms with E-state index >= 15 is 0 Å². The SMILES string of the molecule is C=C(/C=C(\C)O)[P+](c1ccccc1)(c1ccccc1)c1ccccc1. The lowest BCUT2D eigenvalue weighted by Gasteiger charge is -2.27. The van der Waals surface area contributed by atoms with Crippen molar-refractivity contribution < 1.29 is 5.11 Å². The van der Waals surface area contributed by atoms with Crippen LogP contribution < -0.4 is 15.9 Å². The predicted octanol–water partition coefficient (Wildman–Crippen LogP) is 4.96. The third-order valence-electron chi connectivity index (χ3n) is 4.24. The van der Waals surface area contributed by atoms with E-state index in [9.17, 15) is 5.11 Å². The van der Waals surface area contributed by atoms with Crippen LogP contribution in [0.3, 0.4) is 0 Å². The number of aliphatic hydroxyl groups excluding tert-OH is 1. The topological polar surface area (TPSA) is 20.2 Å². The number of allylic oxidation sites excluding steroid dienone is 3. The molecule has 2 heteroatoms. The van der Waals surface area contributed by atoms with Crippen LogP contribution in [0.15, 0.2) is 115 Å². The Labute approximate surface area is 150 Å². The lowest BCUT2D eigenvalue weighted by molar-refractivity contribution is 0.414. The van der Waals surface area contributed by atoms with Crippen LogP contribution in [-0.2, 0) is 0 Å². The van der Waals surface area contributed by atoms with Crippen LogP contribution >= 0.6 is 7.26 Å². The highest BCUT2D eigenvalue weighted by molar-refractivity contribution is 7.99. The summed E-state index contributed by atoms with van der Waals surface area (Å²) < 4.78 is 0. The van der Waals surface area contributed by atoms with Crippen molar-refractivity contribution in [2.45, 2.75) is 6.92 Å². The Hall–Kier alpha value is -2.63. The van der Waals surface area contributed by atoms with Gasteiger partial charge in [-0.2, -0.15) is 0 Å². The smallest absolute Gasteiger partial charge is 0.143 e. The van der Waals surface area contributed by atoms with Crippen molar-refractivity contribution in [1.82, 2.24) is 0 Å². The second-order valence-electron chi connectivity index (χ2n) is 5.95. The minimum atomic E-state index is -2.13. The molecule has 1 nitrogen and oxygen atoms in total. The number of benzene rings is 3. The maximum absolute atomic E-state index is 9.94. The molecule has 0 aliphatic carbocycles. The summed E-state index contributed by atoms with van der Waals surface area (Å²) in [5.41, 5.74) is 0. The van der Waals surface area contributed by atoms with Gasteiger partial charge in [0.1, 0.15) is 28.5 Å². The summed E-state index contributed by atoms with van der Waals surface area (Å²) in [7, 11) is -2.13. The fourth-order valence-corrected chi connectivity index (χ4v) is 7.37. The van der Waals surface area contributed by atoms with Gasteiger partial charge in [-0.15, -0.1) is 0 Å². The number of rotatable bonds is 5. The molecule has 3 aromatic rings. The monoisotopic (exact) mass is 345 g/mol. The summed E-state index contributed by atoms with van der Waals surface area (Å²) >= 11 is 0. The van der Waals surface area contributed by atoms with E-state index in [0.717, 1.165) is 5.31 Å². The van der Waals surface area contributed by atoms with Gasteiger partial charge in [0, 0.05) is 6.08 Å². The zero-order valence-corrected chi connectivity index (χ0v) is 15.2. The van der Waals surface area contributed by atoms with Gasteiger partial charge < -0.3 is 5.11 Å². The third kappa shape index (κ3) is 3.29. The van der Waals surface area contributed by atoms with Crippen molar-refractivity contribution >= 4 is 23.2 Å². The summed E-state index contributed by atoms with van der Waals surface area (Å²) in [6, 6.07) is 31.5. The minimum Gasteiger partial charge on any atom is -0.512 e. The first-order chi connectivity index (χ1) is 12.2. The van der Waals surface area contributed by atoms with E-state index in [1.807, 2.05) is 18.2 Å². The molecule has 0 saturated carbocycles. The average molecular weight is 345 g/mol. The maximum Gasteiger partial charge on any atom is 0.143 e. The van der Waals surface area contributed by atoms with Crippen LogP contribution in [0.5, 0.6) is 0 Å². The Bertz CT molecular complexity index is 767. The second kappa shape index (κ2) is 7.51. The van der Waals surface area contributed by atoms with Crippen molar-refractivity contribution in [1.29, 1.82) is 0 Å². The van der Waals surface area contributed by atoms with Crippen LogP contribution in [0.4, 0.5) is 0 Å². The highest BCUT2D eigenvalue weighted by Gasteiger charge is 2.47. The predicted molar refractivity (Wildman–Crippen MR) is 111 cm³/mol. The standard InChI is InChI=1S/C23H21OP/c1-19(24)18-20(2)25(21-12-6-3-7-13-21,22-14-8-4-9-15-22)23-16-10-5-11-17-23/h3-18H,2H2,1H3/p+1/b19-18+. The van der Waals surface area contributed by atoms with Gasteiger partial charge in [0.05, 0.1) is 5.76 Å². The van der Waals surface area contributed by atoms with E-state index in [0.29, 0.717) is 0 Å². The summed E-state index contributed by atoms with van der Waals surface area (Å²) in [6.07, 6.45) is 1.81. The lowest BCUT2D eigenvalue weighted by atomic mass is 10.3. The quantitative estimate of drug-likeness (QED) is 0.394. The number of hydrogen-bond donors (Lipinski definition) is 1. The minimum absolute atomic E-state index is 0.275. The molecule has 3 rings (SSSR count). The van der Waals surface area contributed by atoms with Gasteiger partial charge in [-0.3, -0.25) is 0 Å². The van der Waals surface area contributed by atoms with Gasteiger partial charge in [0.2, 0.25) is 0 Å². The van der Waals surface area contributed by atoms with E-state index in [2.05, 4.69) is 79.4 Å². The van der Waals surface area contributed by atoms with Gasteiger partial charge in [0.15, 0.2) is 0 Å². The normalized spacial score (nSPS) is 12.0. The molecule has 0 unspecified atom stereocenters. The van der Waals surface area contributed by atoms with E-state index in [1.54, 1.807) is 13.0 Å². The summed E-state index contributed by atoms with van der Waals surface area (Å²) in [4.78, 5) is 0. The Morgan fingerprint density at radius 1 is 0.720 bits per heavy atom. The maximum atomic E-state index is 9.94. The van der Waals surface area contributed by atoms with E-state index in [-0.39, 0.29) is 5.76 Å². The zero-order chi connectivity index (χ0) is 17.7. The highest BCUT2D eigenvalue weighted by Crippen LogP contribution is 2.62. The molecule has 3 aromatic carbocycles. The van der Waals surface area contributed by atoms with Gasteiger partial charge >= 0.3 is 0 Å². The van der Waals surface area contributed by atoms with Crippen molar-refractivity contribution in [2.75, 3.05) is 0 Å². The molecule has 0 aliphatic heterocycles. The van der Waals surface area contributed by atoms with Gasteiger partial charge in [-0.1, -0.05) is 61.2 Å². The largest absolute Gasteiger partial charge is 0.512 e. The molecule has 25 heavy (non-hydrogen) atoms. The number of aliphatic hydroxyl groups is 1. The van der Waals surface area contributed by atoms with Crippen LogP contribution in [0.1, 0.15) is 6.92 Å². The van der Waals surface area contributed by atoms with E-state index < -0.39 is 7.26 Å². The summed E-state index contributed by atoms with van der Waals surface area (Å²) in [5.74, 6) is 0.275. The molecule has 0 bridgehead atoms. The first kappa shape index (κ1) is 17.2. The second-order valence-corrected chi connectivity index (χ2v) is 9.42. The Morgan fingerprint density at radius 2 is 1.04 bits per heavy atom. The zero-order valence-electron chi connectivity index (χ0n) is 14.3. The van der Waals surface area contributed by atoms with Crippen LogP contribution in [0, 0.1) is 0 Å². The molecule has 0 saturated heterocycles. The molecule has 0 atom stereocenters. The van der Waals surface area contributed by atoms with Crippen LogP contribution in [0.2, 0.25) is 0 Å². The lowest BCUT2D eigenvalue weighted by Crippen LogP contribution is -2.31. The first-order valence-corrected chi connectivity index (χ1v) is 10.1. The molecule has 0 spiro atoms. The Balaban J connectivity index is 2.40. The van der Waals surface area contributed by atoms with Crippen LogP contribution in [0.25, 0.3) is 0 Å². The molecular formula is C23H22OP+. The van der Waals surface area contributed by atoms with Crippen molar-refractivity contribution in [3.63, 3.8) is 0 Å². The molecule has 0 amide bonds. The van der Waals surface area contributed by atoms with Gasteiger partial charge in [-0.25, -0.2) is 0 Å². The fraction of sp³-hybridized carbons (Fsp3) is 0.0435. The van der Waals surface area contributed by atoms with Crippen LogP contribution in [-0.4, -0.2) is 5.11 Å². The summed E-state index contributed by atoms with van der Waals surface area (Å²) in [6.45, 7) is 6.10. The molecule has 1 N–H and O–H groups in total. The van der Waals surface area contributed by atoms with Crippen molar-refractivity contribution in [2.24, 2.45) is 0 Å². The first-order valence-electron chi connectivity index (χ1n) is 8.28. The molecule has 0 radical (unpaired) electrons. The van der Waals surface area contributed by atoms with E-state index in [4.69, 9.17) is 0 Å². The number of hydrogen-bond acceptors (Lipinski definition) is 1. The molecule has 0 aliphatic rings. The Kier molecular flexibility index (Phi) is 5.16. The third-order valence-corrected chi connectivity index (χ3v) is 8.45. The van der Waals surface area contributed by atoms with Crippen molar-refractivity contribution in [3.05, 3.63) is 115 Å². The van der Waals surface area contributed by atoms with E-state index in [1.165, 1.54) is 15.9 Å². The summed E-state index contributed by atoms with van der Waals surface area (Å²) in [5, 5.41) is 14.6. The molecule has 124 valence electrons. The van der Waals surface area contributed by atoms with Gasteiger partial charge in [-0.05, 0) is 43.3 Å². The molecule has 0 heterocycles. The fourth-order valence-electron chi connectivity index (χ4n) is 3.24. The average Bonchev–Trinajstić information content (AvgIpc) is 2.64. The van der Waals surface area contributed by atoms with Gasteiger partial charge in [0.25, 0.3) is 0 Å². The Morgan fingerprint density at radius 3 is 1.32 bits per heavy atom. The highest BCUT2D eigenvalue weighted by atomic mass is 31.2. The molecular weight excluding hydrogens is 323 g/mol. The molecule has 0 fully saturated rings.